The van der Waals surface area contributed by atoms with Gasteiger partial charge in [-0.3, -0.25) is 0 Å². The van der Waals surface area contributed by atoms with Crippen LogP contribution in [0.1, 0.15) is 0 Å². The third-order valence-corrected chi connectivity index (χ3v) is 9.88. The van der Waals surface area contributed by atoms with Crippen LogP contribution in [0.15, 0.2) is 169 Å². The van der Waals surface area contributed by atoms with Gasteiger partial charge >= 0.3 is 0 Å². The van der Waals surface area contributed by atoms with E-state index >= 15 is 0 Å². The van der Waals surface area contributed by atoms with E-state index in [2.05, 4.69) is 164 Å². The standard InChI is InChI=1S/C42H28S2/c43-40-25-39-38-24-35(30-17-9-3-10-18-30)36(31-19-11-4-12-20-31)26-41(38)44-42(39)27-37(40)32-21-22-33(28-13-5-1-6-14-28)34(23-32)29-15-7-2-8-16-29/h1-27,43H. The number of fused-ring (bicyclic) bond motifs is 3. The molecule has 7 aromatic carbocycles. The molecule has 0 aliphatic heterocycles. The number of benzene rings is 7. The normalized spacial score (nSPS) is 11.3. The first-order chi connectivity index (χ1) is 21.7. The number of hydrogen-bond donors (Lipinski definition) is 1. The fourth-order valence-corrected chi connectivity index (χ4v) is 7.71. The fourth-order valence-electron chi connectivity index (χ4n) is 6.24. The first-order valence-electron chi connectivity index (χ1n) is 14.8. The van der Waals surface area contributed by atoms with Crippen molar-refractivity contribution < 1.29 is 0 Å². The Morgan fingerprint density at radius 2 is 0.727 bits per heavy atom. The summed E-state index contributed by atoms with van der Waals surface area (Å²) in [7, 11) is 0. The van der Waals surface area contributed by atoms with Crippen molar-refractivity contribution in [1.82, 2.24) is 0 Å². The minimum atomic E-state index is 0.983. The molecule has 0 aliphatic rings. The average Bonchev–Trinajstić information content (AvgIpc) is 3.45. The molecule has 1 aromatic heterocycles. The topological polar surface area (TPSA) is 0 Å². The number of thiol groups is 1. The van der Waals surface area contributed by atoms with Crippen LogP contribution in [0, 0.1) is 0 Å². The Bertz CT molecular complexity index is 2250. The van der Waals surface area contributed by atoms with Gasteiger partial charge in [-0.05, 0) is 86.0 Å². The van der Waals surface area contributed by atoms with Crippen molar-refractivity contribution in [3.05, 3.63) is 164 Å². The second kappa shape index (κ2) is 11.3. The molecule has 44 heavy (non-hydrogen) atoms. The van der Waals surface area contributed by atoms with Crippen LogP contribution in [0.25, 0.3) is 75.8 Å². The van der Waals surface area contributed by atoms with E-state index in [9.17, 15) is 0 Å². The molecular formula is C42H28S2. The van der Waals surface area contributed by atoms with E-state index in [0.717, 1.165) is 10.5 Å². The molecule has 0 fully saturated rings. The molecule has 2 heteroatoms. The molecule has 0 unspecified atom stereocenters. The van der Waals surface area contributed by atoms with Crippen molar-refractivity contribution in [2.45, 2.75) is 4.90 Å². The fraction of sp³-hybridized carbons (Fsp3) is 0. The minimum Gasteiger partial charge on any atom is -0.143 e. The lowest BCUT2D eigenvalue weighted by atomic mass is 9.90. The van der Waals surface area contributed by atoms with Crippen molar-refractivity contribution >= 4 is 44.1 Å². The lowest BCUT2D eigenvalue weighted by Gasteiger charge is -2.14. The zero-order valence-electron chi connectivity index (χ0n) is 23.9. The molecule has 0 N–H and O–H groups in total. The highest BCUT2D eigenvalue weighted by Gasteiger charge is 2.17. The van der Waals surface area contributed by atoms with Gasteiger partial charge in [0.2, 0.25) is 0 Å². The molecule has 208 valence electrons. The van der Waals surface area contributed by atoms with Crippen LogP contribution in [-0.2, 0) is 0 Å². The monoisotopic (exact) mass is 596 g/mol. The molecular weight excluding hydrogens is 569 g/mol. The second-order valence-corrected chi connectivity index (χ2v) is 12.7. The molecule has 8 rings (SSSR count). The lowest BCUT2D eigenvalue weighted by Crippen LogP contribution is -1.88. The molecule has 8 aromatic rings. The van der Waals surface area contributed by atoms with Crippen LogP contribution in [0.5, 0.6) is 0 Å². The largest absolute Gasteiger partial charge is 0.143 e. The van der Waals surface area contributed by atoms with Crippen molar-refractivity contribution in [2.24, 2.45) is 0 Å². The van der Waals surface area contributed by atoms with Gasteiger partial charge in [-0.25, -0.2) is 0 Å². The number of hydrogen-bond acceptors (Lipinski definition) is 2. The molecule has 0 amide bonds. The van der Waals surface area contributed by atoms with Crippen molar-refractivity contribution in [2.75, 3.05) is 0 Å². The van der Waals surface area contributed by atoms with Crippen LogP contribution in [0.4, 0.5) is 0 Å². The maximum atomic E-state index is 5.08. The third kappa shape index (κ3) is 4.83. The first kappa shape index (κ1) is 26.7. The SMILES string of the molecule is Sc1cc2c(cc1-c1ccc(-c3ccccc3)c(-c3ccccc3)c1)sc1cc(-c3ccccc3)c(-c3ccccc3)cc12. The van der Waals surface area contributed by atoms with Gasteiger partial charge in [0.05, 0.1) is 0 Å². The maximum absolute atomic E-state index is 5.08. The second-order valence-electron chi connectivity index (χ2n) is 11.1. The zero-order chi connectivity index (χ0) is 29.5. The molecule has 0 saturated heterocycles. The van der Waals surface area contributed by atoms with Gasteiger partial charge in [0, 0.05) is 25.1 Å². The van der Waals surface area contributed by atoms with Crippen LogP contribution < -0.4 is 0 Å². The molecule has 0 nitrogen and oxygen atoms in total. The molecule has 0 radical (unpaired) electrons. The van der Waals surface area contributed by atoms with E-state index in [1.807, 2.05) is 11.3 Å². The van der Waals surface area contributed by atoms with Crippen molar-refractivity contribution in [3.8, 4) is 55.6 Å². The minimum absolute atomic E-state index is 0.983. The quantitative estimate of drug-likeness (QED) is 0.188. The highest BCUT2D eigenvalue weighted by atomic mass is 32.1. The maximum Gasteiger partial charge on any atom is 0.0362 e. The molecule has 0 aliphatic carbocycles. The Labute approximate surface area is 267 Å². The Morgan fingerprint density at radius 1 is 0.318 bits per heavy atom. The summed E-state index contributed by atoms with van der Waals surface area (Å²) in [6, 6.07) is 58.9. The molecule has 0 saturated carbocycles. The van der Waals surface area contributed by atoms with E-state index in [0.29, 0.717) is 0 Å². The van der Waals surface area contributed by atoms with Crippen LogP contribution in [-0.4, -0.2) is 0 Å². The summed E-state index contributed by atoms with van der Waals surface area (Å²) < 4.78 is 2.55. The van der Waals surface area contributed by atoms with Gasteiger partial charge < -0.3 is 0 Å². The molecule has 0 bridgehead atoms. The van der Waals surface area contributed by atoms with Crippen molar-refractivity contribution in [1.29, 1.82) is 0 Å². The predicted molar refractivity (Wildman–Crippen MR) is 194 cm³/mol. The Balaban J connectivity index is 1.31. The molecule has 0 spiro atoms. The smallest absolute Gasteiger partial charge is 0.0362 e. The average molecular weight is 597 g/mol. The Hall–Kier alpha value is -4.89. The zero-order valence-corrected chi connectivity index (χ0v) is 25.7. The van der Waals surface area contributed by atoms with E-state index in [4.69, 9.17) is 12.6 Å². The van der Waals surface area contributed by atoms with E-state index in [-0.39, 0.29) is 0 Å². The summed E-state index contributed by atoms with van der Waals surface area (Å²) in [6.07, 6.45) is 0. The van der Waals surface area contributed by atoms with E-state index in [1.54, 1.807) is 0 Å². The van der Waals surface area contributed by atoms with Crippen molar-refractivity contribution in [3.63, 3.8) is 0 Å². The highest BCUT2D eigenvalue weighted by Crippen LogP contribution is 2.45. The molecule has 1 heterocycles. The lowest BCUT2D eigenvalue weighted by molar-refractivity contribution is 1.49. The Kier molecular flexibility index (Phi) is 6.87. The van der Waals surface area contributed by atoms with Gasteiger partial charge in [-0.1, -0.05) is 133 Å². The number of thiophene rings is 1. The highest BCUT2D eigenvalue weighted by molar-refractivity contribution is 7.80. The van der Waals surface area contributed by atoms with Gasteiger partial charge in [-0.15, -0.1) is 24.0 Å². The summed E-state index contributed by atoms with van der Waals surface area (Å²) in [4.78, 5) is 0.983. The van der Waals surface area contributed by atoms with Crippen LogP contribution >= 0.6 is 24.0 Å². The summed E-state index contributed by atoms with van der Waals surface area (Å²) in [5, 5.41) is 2.52. The van der Waals surface area contributed by atoms with Gasteiger partial charge in [-0.2, -0.15) is 0 Å². The van der Waals surface area contributed by atoms with Gasteiger partial charge in [0.25, 0.3) is 0 Å². The Morgan fingerprint density at radius 3 is 1.25 bits per heavy atom. The summed E-state index contributed by atoms with van der Waals surface area (Å²) in [5.41, 5.74) is 12.1. The molecule has 0 atom stereocenters. The van der Waals surface area contributed by atoms with E-state index < -0.39 is 0 Å². The summed E-state index contributed by atoms with van der Waals surface area (Å²) in [6.45, 7) is 0. The third-order valence-electron chi connectivity index (χ3n) is 8.40. The van der Waals surface area contributed by atoms with E-state index in [1.165, 1.54) is 70.2 Å². The predicted octanol–water partition coefficient (Wildman–Crippen LogP) is 12.7. The van der Waals surface area contributed by atoms with Gasteiger partial charge in [0.15, 0.2) is 0 Å². The first-order valence-corrected chi connectivity index (χ1v) is 16.1. The van der Waals surface area contributed by atoms with Crippen LogP contribution in [0.2, 0.25) is 0 Å². The summed E-state index contributed by atoms with van der Waals surface area (Å²) >= 11 is 6.94. The number of rotatable bonds is 5. The van der Waals surface area contributed by atoms with Gasteiger partial charge in [0.1, 0.15) is 0 Å². The van der Waals surface area contributed by atoms with Crippen LogP contribution in [0.3, 0.4) is 0 Å². The summed E-state index contributed by atoms with van der Waals surface area (Å²) in [5.74, 6) is 0.